The van der Waals surface area contributed by atoms with Crippen molar-refractivity contribution in [3.8, 4) is 0 Å². The zero-order valence-corrected chi connectivity index (χ0v) is 26.3. The molecule has 2 aromatic carbocycles. The number of nitrogens with one attached hydrogen (secondary N) is 2. The van der Waals surface area contributed by atoms with Gasteiger partial charge in [0.1, 0.15) is 11.3 Å². The minimum atomic E-state index is -4.29. The van der Waals surface area contributed by atoms with Crippen LogP contribution in [0.2, 0.25) is 0 Å². The molecule has 2 N–H and O–H groups in total. The summed E-state index contributed by atoms with van der Waals surface area (Å²) in [4.78, 5) is 40.3. The standard InChI is InChI=1S/C28H36BrN5O7S/c1-28(2,3)41-27(36)34-12-10-33(11-13-34)20-4-6-22(23(29)16-20)26(35)32-42(38,39)21-5-7-24(25(17-21)31-37)30-18-19-8-14-40-15-9-19/h4-7,16-17,19,30H,8-15,18H2,1-3H3,(H,32,35). The maximum Gasteiger partial charge on any atom is 0.410 e. The van der Waals surface area contributed by atoms with Crippen molar-refractivity contribution in [1.82, 2.24) is 9.62 Å². The Labute approximate surface area is 254 Å². The van der Waals surface area contributed by atoms with Gasteiger partial charge >= 0.3 is 6.09 Å². The molecular weight excluding hydrogens is 630 g/mol. The van der Waals surface area contributed by atoms with Crippen molar-refractivity contribution in [2.75, 3.05) is 56.2 Å². The number of piperazine rings is 1. The van der Waals surface area contributed by atoms with Crippen LogP contribution >= 0.6 is 15.9 Å². The number of anilines is 2. The molecule has 0 aromatic heterocycles. The summed E-state index contributed by atoms with van der Waals surface area (Å²) < 4.78 is 39.3. The Kier molecular flexibility index (Phi) is 10.1. The third-order valence-corrected chi connectivity index (χ3v) is 9.01. The maximum absolute atomic E-state index is 13.0. The molecule has 0 saturated carbocycles. The van der Waals surface area contributed by atoms with Crippen molar-refractivity contribution in [3.63, 3.8) is 0 Å². The molecule has 228 valence electrons. The summed E-state index contributed by atoms with van der Waals surface area (Å²) in [5.74, 6) is -0.446. The first-order chi connectivity index (χ1) is 19.9. The molecule has 2 heterocycles. The Morgan fingerprint density at radius 3 is 2.38 bits per heavy atom. The first-order valence-corrected chi connectivity index (χ1v) is 16.0. The molecule has 42 heavy (non-hydrogen) atoms. The number of nitrogens with zero attached hydrogens (tertiary/aromatic N) is 3. The zero-order chi connectivity index (χ0) is 30.5. The molecule has 4 rings (SSSR count). The fourth-order valence-electron chi connectivity index (χ4n) is 4.70. The minimum Gasteiger partial charge on any atom is -0.444 e. The van der Waals surface area contributed by atoms with Crippen LogP contribution in [0.3, 0.4) is 0 Å². The van der Waals surface area contributed by atoms with Gasteiger partial charge in [0.05, 0.1) is 16.1 Å². The number of sulfonamides is 1. The van der Waals surface area contributed by atoms with Gasteiger partial charge in [-0.3, -0.25) is 4.79 Å². The lowest BCUT2D eigenvalue weighted by Crippen LogP contribution is -2.50. The predicted molar refractivity (Wildman–Crippen MR) is 163 cm³/mol. The normalized spacial score (nSPS) is 16.6. The van der Waals surface area contributed by atoms with Crippen LogP contribution in [0.5, 0.6) is 0 Å². The Bertz CT molecular complexity index is 1420. The van der Waals surface area contributed by atoms with Gasteiger partial charge in [-0.2, -0.15) is 0 Å². The number of hydrogen-bond donors (Lipinski definition) is 2. The first kappa shape index (κ1) is 31.7. The van der Waals surface area contributed by atoms with Gasteiger partial charge in [-0.05, 0) is 97.0 Å². The first-order valence-electron chi connectivity index (χ1n) is 13.7. The second-order valence-corrected chi connectivity index (χ2v) is 13.8. The average molecular weight is 667 g/mol. The van der Waals surface area contributed by atoms with E-state index in [1.54, 1.807) is 17.0 Å². The van der Waals surface area contributed by atoms with Crippen LogP contribution in [0.25, 0.3) is 0 Å². The second kappa shape index (κ2) is 13.4. The quantitative estimate of drug-likeness (QED) is 0.377. The SMILES string of the molecule is CC(C)(C)OC(=O)N1CCN(c2ccc(C(=O)NS(=O)(=O)c3ccc(NCC4CCOCC4)c(N=O)c3)c(Br)c2)CC1. The monoisotopic (exact) mass is 665 g/mol. The molecule has 2 saturated heterocycles. The van der Waals surface area contributed by atoms with E-state index in [-0.39, 0.29) is 22.2 Å². The van der Waals surface area contributed by atoms with Gasteiger partial charge in [0.15, 0.2) is 0 Å². The molecule has 2 amide bonds. The number of halogens is 1. The predicted octanol–water partition coefficient (Wildman–Crippen LogP) is 4.86. The van der Waals surface area contributed by atoms with Crippen LogP contribution in [0.1, 0.15) is 44.0 Å². The highest BCUT2D eigenvalue weighted by Gasteiger charge is 2.27. The van der Waals surface area contributed by atoms with Crippen molar-refractivity contribution >= 4 is 55.0 Å². The van der Waals surface area contributed by atoms with Crippen LogP contribution in [-0.2, 0) is 19.5 Å². The van der Waals surface area contributed by atoms with E-state index in [0.29, 0.717) is 62.0 Å². The van der Waals surface area contributed by atoms with Crippen LogP contribution < -0.4 is 14.9 Å². The molecule has 12 nitrogen and oxygen atoms in total. The Morgan fingerprint density at radius 1 is 1.07 bits per heavy atom. The number of hydrogen-bond acceptors (Lipinski definition) is 10. The smallest absolute Gasteiger partial charge is 0.410 e. The van der Waals surface area contributed by atoms with E-state index in [1.165, 1.54) is 18.2 Å². The van der Waals surface area contributed by atoms with E-state index in [4.69, 9.17) is 9.47 Å². The highest BCUT2D eigenvalue weighted by atomic mass is 79.9. The Morgan fingerprint density at radius 2 is 1.76 bits per heavy atom. The summed E-state index contributed by atoms with van der Waals surface area (Å²) in [6, 6.07) is 8.94. The summed E-state index contributed by atoms with van der Waals surface area (Å²) in [6.07, 6.45) is 1.45. The van der Waals surface area contributed by atoms with E-state index in [1.807, 2.05) is 20.8 Å². The fourth-order valence-corrected chi connectivity index (χ4v) is 6.24. The van der Waals surface area contributed by atoms with Crippen molar-refractivity contribution in [1.29, 1.82) is 0 Å². The van der Waals surface area contributed by atoms with Crippen LogP contribution in [0, 0.1) is 10.8 Å². The van der Waals surface area contributed by atoms with Crippen molar-refractivity contribution in [3.05, 3.63) is 51.3 Å². The average Bonchev–Trinajstić information content (AvgIpc) is 2.95. The molecule has 0 aliphatic carbocycles. The minimum absolute atomic E-state index is 0.0605. The van der Waals surface area contributed by atoms with Crippen molar-refractivity contribution in [2.45, 2.75) is 44.1 Å². The second-order valence-electron chi connectivity index (χ2n) is 11.3. The van der Waals surface area contributed by atoms with Gasteiger partial charge in [0.25, 0.3) is 15.9 Å². The molecule has 0 atom stereocenters. The fraction of sp³-hybridized carbons (Fsp3) is 0.500. The molecule has 0 bridgehead atoms. The van der Waals surface area contributed by atoms with Gasteiger partial charge in [-0.1, -0.05) is 0 Å². The van der Waals surface area contributed by atoms with Gasteiger partial charge in [0.2, 0.25) is 0 Å². The van der Waals surface area contributed by atoms with E-state index in [2.05, 4.69) is 36.0 Å². The largest absolute Gasteiger partial charge is 0.444 e. The number of ether oxygens (including phenoxy) is 2. The lowest BCUT2D eigenvalue weighted by atomic mass is 10.0. The van der Waals surface area contributed by atoms with E-state index >= 15 is 0 Å². The molecule has 0 spiro atoms. The number of amides is 2. The van der Waals surface area contributed by atoms with E-state index in [9.17, 15) is 22.9 Å². The molecule has 2 aliphatic rings. The number of carbonyl (C=O) groups is 2. The van der Waals surface area contributed by atoms with Gasteiger partial charge in [-0.25, -0.2) is 17.9 Å². The highest BCUT2D eigenvalue weighted by molar-refractivity contribution is 9.10. The topological polar surface area (TPSA) is 147 Å². The van der Waals surface area contributed by atoms with Gasteiger partial charge < -0.3 is 24.6 Å². The number of rotatable bonds is 8. The summed E-state index contributed by atoms with van der Waals surface area (Å²) in [5, 5.41) is 6.16. The molecule has 2 fully saturated rings. The van der Waals surface area contributed by atoms with E-state index in [0.717, 1.165) is 24.6 Å². The molecule has 0 radical (unpaired) electrons. The molecule has 2 aromatic rings. The third-order valence-electron chi connectivity index (χ3n) is 7.02. The highest BCUT2D eigenvalue weighted by Crippen LogP contribution is 2.30. The summed E-state index contributed by atoms with van der Waals surface area (Å²) >= 11 is 3.39. The number of nitroso groups, excluding NO2 is 1. The molecule has 14 heteroatoms. The van der Waals surface area contributed by atoms with Crippen molar-refractivity contribution in [2.24, 2.45) is 11.1 Å². The van der Waals surface area contributed by atoms with E-state index < -0.39 is 21.5 Å². The van der Waals surface area contributed by atoms with Crippen LogP contribution in [-0.4, -0.2) is 76.9 Å². The molecule has 2 aliphatic heterocycles. The summed E-state index contributed by atoms with van der Waals surface area (Å²) in [5.41, 5.74) is 0.734. The van der Waals surface area contributed by atoms with Crippen LogP contribution in [0.15, 0.2) is 50.9 Å². The van der Waals surface area contributed by atoms with Gasteiger partial charge in [0, 0.05) is 56.1 Å². The Hall–Kier alpha value is -3.23. The zero-order valence-electron chi connectivity index (χ0n) is 23.9. The molecular formula is C28H36BrN5O7S. The summed E-state index contributed by atoms with van der Waals surface area (Å²) in [7, 11) is -4.29. The van der Waals surface area contributed by atoms with Crippen LogP contribution in [0.4, 0.5) is 21.9 Å². The summed E-state index contributed by atoms with van der Waals surface area (Å²) in [6.45, 7) is 9.56. The third kappa shape index (κ3) is 8.19. The number of carbonyl (C=O) groups excluding carboxylic acids is 2. The molecule has 0 unspecified atom stereocenters. The lowest BCUT2D eigenvalue weighted by molar-refractivity contribution is 0.0240. The van der Waals surface area contributed by atoms with Gasteiger partial charge in [-0.15, -0.1) is 4.91 Å². The Balaban J connectivity index is 1.38. The number of benzene rings is 2. The maximum atomic E-state index is 13.0. The van der Waals surface area contributed by atoms with Crippen molar-refractivity contribution < 1.29 is 27.5 Å². The lowest BCUT2D eigenvalue weighted by Gasteiger charge is -2.36.